The van der Waals surface area contributed by atoms with E-state index in [4.69, 9.17) is 0 Å². The molecule has 1 N–H and O–H groups in total. The minimum atomic E-state index is -0.323. The van der Waals surface area contributed by atoms with Crippen molar-refractivity contribution in [2.24, 2.45) is 10.8 Å². The molecule has 3 amide bonds. The first kappa shape index (κ1) is 15.1. The van der Waals surface area contributed by atoms with Crippen molar-refractivity contribution in [3.05, 3.63) is 35.9 Å². The minimum absolute atomic E-state index is 0.180. The van der Waals surface area contributed by atoms with Crippen LogP contribution in [0.2, 0.25) is 0 Å². The minimum Gasteiger partial charge on any atom is -0.321 e. The highest BCUT2D eigenvalue weighted by molar-refractivity contribution is 6.04. The van der Waals surface area contributed by atoms with Crippen LogP contribution in [0.3, 0.4) is 0 Å². The fraction of sp³-hybridized carbons (Fsp3) is 0.556. The van der Waals surface area contributed by atoms with Gasteiger partial charge in [0.05, 0.1) is 0 Å². The fourth-order valence-corrected chi connectivity index (χ4v) is 4.53. The molecule has 2 fully saturated rings. The molecule has 2 aliphatic rings. The summed E-state index contributed by atoms with van der Waals surface area (Å²) in [6.45, 7) is 7.55. The Morgan fingerprint density at radius 1 is 1.14 bits per heavy atom. The van der Waals surface area contributed by atoms with Crippen molar-refractivity contribution < 1.29 is 9.59 Å². The van der Waals surface area contributed by atoms with E-state index >= 15 is 0 Å². The van der Waals surface area contributed by atoms with Crippen LogP contribution in [0.25, 0.3) is 0 Å². The maximum Gasteiger partial charge on any atom is 0.324 e. The summed E-state index contributed by atoms with van der Waals surface area (Å²) in [5.74, 6) is -0.323. The summed E-state index contributed by atoms with van der Waals surface area (Å²) in [5.41, 5.74) is 0.958. The number of imide groups is 1. The lowest BCUT2D eigenvalue weighted by Gasteiger charge is -2.39. The first-order chi connectivity index (χ1) is 10.3. The van der Waals surface area contributed by atoms with E-state index in [1.807, 2.05) is 11.0 Å². The first-order valence-corrected chi connectivity index (χ1v) is 7.95. The van der Waals surface area contributed by atoms with Gasteiger partial charge < -0.3 is 4.90 Å². The summed E-state index contributed by atoms with van der Waals surface area (Å²) in [6.07, 6.45) is 3.19. The van der Waals surface area contributed by atoms with Crippen molar-refractivity contribution in [1.29, 1.82) is 0 Å². The molecule has 1 aliphatic heterocycles. The Labute approximate surface area is 131 Å². The maximum atomic E-state index is 12.5. The van der Waals surface area contributed by atoms with Gasteiger partial charge in [-0.1, -0.05) is 39.0 Å². The molecule has 0 spiro atoms. The quantitative estimate of drug-likeness (QED) is 0.863. The van der Waals surface area contributed by atoms with E-state index in [0.29, 0.717) is 5.56 Å². The van der Waals surface area contributed by atoms with E-state index in [9.17, 15) is 9.59 Å². The van der Waals surface area contributed by atoms with Gasteiger partial charge in [-0.05, 0) is 42.2 Å². The summed E-state index contributed by atoms with van der Waals surface area (Å²) in [4.78, 5) is 26.5. The summed E-state index contributed by atoms with van der Waals surface area (Å²) in [7, 11) is 0. The summed E-state index contributed by atoms with van der Waals surface area (Å²) >= 11 is 0. The predicted octanol–water partition coefficient (Wildman–Crippen LogP) is 3.44. The van der Waals surface area contributed by atoms with Gasteiger partial charge in [0.15, 0.2) is 0 Å². The third-order valence-corrected chi connectivity index (χ3v) is 4.93. The molecule has 4 nitrogen and oxygen atoms in total. The number of hydrogen-bond donors (Lipinski definition) is 1. The molecular weight excluding hydrogens is 276 g/mol. The molecule has 1 aromatic rings. The van der Waals surface area contributed by atoms with Crippen LogP contribution in [0.5, 0.6) is 0 Å². The second-order valence-corrected chi connectivity index (χ2v) is 7.97. The van der Waals surface area contributed by atoms with Crippen LogP contribution in [-0.4, -0.2) is 29.4 Å². The molecule has 118 valence electrons. The Balaban J connectivity index is 1.70. The van der Waals surface area contributed by atoms with Crippen molar-refractivity contribution >= 4 is 11.9 Å². The largest absolute Gasteiger partial charge is 0.324 e. The fourth-order valence-electron chi connectivity index (χ4n) is 4.53. The van der Waals surface area contributed by atoms with E-state index in [-0.39, 0.29) is 28.8 Å². The number of rotatable bonds is 1. The lowest BCUT2D eigenvalue weighted by atomic mass is 9.65. The third-order valence-electron chi connectivity index (χ3n) is 4.93. The Morgan fingerprint density at radius 2 is 1.82 bits per heavy atom. The topological polar surface area (TPSA) is 49.4 Å². The number of amides is 3. The van der Waals surface area contributed by atoms with Gasteiger partial charge in [-0.25, -0.2) is 4.79 Å². The molecule has 2 atom stereocenters. The highest BCUT2D eigenvalue weighted by Crippen LogP contribution is 2.52. The van der Waals surface area contributed by atoms with E-state index in [2.05, 4.69) is 26.1 Å². The molecule has 22 heavy (non-hydrogen) atoms. The van der Waals surface area contributed by atoms with Gasteiger partial charge in [-0.15, -0.1) is 0 Å². The highest BCUT2D eigenvalue weighted by atomic mass is 16.2. The lowest BCUT2D eigenvalue weighted by Crippen LogP contribution is -2.45. The summed E-state index contributed by atoms with van der Waals surface area (Å²) in [5, 5.41) is 2.54. The number of nitrogens with one attached hydrogen (secondary N) is 1. The molecule has 3 rings (SSSR count). The van der Waals surface area contributed by atoms with E-state index in [1.165, 1.54) is 0 Å². The number of hydrogen-bond acceptors (Lipinski definition) is 2. The van der Waals surface area contributed by atoms with Crippen LogP contribution in [0.15, 0.2) is 30.3 Å². The molecular formula is C18H24N2O2. The SMILES string of the molecule is CC1(C)C[C@@H]2C[C@](C)(CN2C(=O)NC(=O)c2ccccc2)C1. The molecule has 1 saturated heterocycles. The lowest BCUT2D eigenvalue weighted by molar-refractivity contribution is 0.0947. The summed E-state index contributed by atoms with van der Waals surface area (Å²) in [6, 6.07) is 8.88. The average molecular weight is 300 g/mol. The zero-order valence-corrected chi connectivity index (χ0v) is 13.6. The number of urea groups is 1. The number of nitrogens with zero attached hydrogens (tertiary/aromatic N) is 1. The van der Waals surface area contributed by atoms with Crippen LogP contribution in [-0.2, 0) is 0 Å². The molecule has 1 saturated carbocycles. The zero-order valence-electron chi connectivity index (χ0n) is 13.6. The van der Waals surface area contributed by atoms with Gasteiger partial charge in [0.1, 0.15) is 0 Å². The first-order valence-electron chi connectivity index (χ1n) is 7.95. The van der Waals surface area contributed by atoms with E-state index in [1.54, 1.807) is 24.3 Å². The molecule has 0 aromatic heterocycles. The molecule has 1 heterocycles. The van der Waals surface area contributed by atoms with Crippen LogP contribution >= 0.6 is 0 Å². The Kier molecular flexibility index (Phi) is 3.50. The second kappa shape index (κ2) is 5.11. The highest BCUT2D eigenvalue weighted by Gasteiger charge is 2.51. The monoisotopic (exact) mass is 300 g/mol. The number of carbonyl (C=O) groups excluding carboxylic acids is 2. The number of fused-ring (bicyclic) bond motifs is 2. The Hall–Kier alpha value is -1.84. The molecule has 4 heteroatoms. The van der Waals surface area contributed by atoms with Crippen LogP contribution in [0.4, 0.5) is 4.79 Å². The molecule has 1 aliphatic carbocycles. The standard InChI is InChI=1S/C18H24N2O2/c1-17(2)9-14-10-18(3,11-17)12-20(14)16(22)19-15(21)13-7-5-4-6-8-13/h4-8,14H,9-12H2,1-3H3,(H,19,21,22)/t14-,18+/m1/s1. The van der Waals surface area contributed by atoms with E-state index < -0.39 is 0 Å². The van der Waals surface area contributed by atoms with Crippen molar-refractivity contribution in [3.63, 3.8) is 0 Å². The zero-order chi connectivity index (χ0) is 16.0. The van der Waals surface area contributed by atoms with Crippen molar-refractivity contribution in [2.75, 3.05) is 6.54 Å². The van der Waals surface area contributed by atoms with Gasteiger partial charge in [-0.2, -0.15) is 0 Å². The molecule has 0 unspecified atom stereocenters. The van der Waals surface area contributed by atoms with E-state index in [0.717, 1.165) is 25.8 Å². The van der Waals surface area contributed by atoms with Crippen molar-refractivity contribution in [3.8, 4) is 0 Å². The van der Waals surface area contributed by atoms with Gasteiger partial charge in [0, 0.05) is 18.2 Å². The Bertz CT molecular complexity index is 596. The van der Waals surface area contributed by atoms with Crippen molar-refractivity contribution in [2.45, 2.75) is 46.1 Å². The normalized spacial score (nSPS) is 29.2. The predicted molar refractivity (Wildman–Crippen MR) is 85.5 cm³/mol. The number of likely N-dealkylation sites (tertiary alicyclic amines) is 1. The van der Waals surface area contributed by atoms with Crippen LogP contribution in [0, 0.1) is 10.8 Å². The maximum absolute atomic E-state index is 12.5. The van der Waals surface area contributed by atoms with Gasteiger partial charge in [0.25, 0.3) is 5.91 Å². The van der Waals surface area contributed by atoms with Gasteiger partial charge >= 0.3 is 6.03 Å². The molecule has 2 bridgehead atoms. The van der Waals surface area contributed by atoms with Crippen molar-refractivity contribution in [1.82, 2.24) is 10.2 Å². The van der Waals surface area contributed by atoms with Crippen LogP contribution in [0.1, 0.15) is 50.4 Å². The molecule has 0 radical (unpaired) electrons. The Morgan fingerprint density at radius 3 is 2.50 bits per heavy atom. The number of benzene rings is 1. The van der Waals surface area contributed by atoms with Gasteiger partial charge in [0.2, 0.25) is 0 Å². The number of carbonyl (C=O) groups is 2. The third kappa shape index (κ3) is 2.87. The van der Waals surface area contributed by atoms with Gasteiger partial charge in [-0.3, -0.25) is 10.1 Å². The second-order valence-electron chi connectivity index (χ2n) is 7.97. The van der Waals surface area contributed by atoms with Crippen LogP contribution < -0.4 is 5.32 Å². The smallest absolute Gasteiger partial charge is 0.321 e. The summed E-state index contributed by atoms with van der Waals surface area (Å²) < 4.78 is 0. The molecule has 1 aromatic carbocycles. The average Bonchev–Trinajstić information content (AvgIpc) is 2.69.